The summed E-state index contributed by atoms with van der Waals surface area (Å²) in [4.78, 5) is 6.22. The molecule has 0 spiro atoms. The summed E-state index contributed by atoms with van der Waals surface area (Å²) in [5, 5.41) is -0.137. The maximum atomic E-state index is 12.9. The Balaban J connectivity index is 2.56. The average Bonchev–Trinajstić information content (AvgIpc) is 2.82. The van der Waals surface area contributed by atoms with Crippen molar-refractivity contribution >= 4 is 11.3 Å². The molecule has 1 unspecified atom stereocenters. The third kappa shape index (κ3) is 3.34. The number of alkyl halides is 6. The van der Waals surface area contributed by atoms with Crippen molar-refractivity contribution in [1.29, 1.82) is 0 Å². The highest BCUT2D eigenvalue weighted by molar-refractivity contribution is 7.15. The van der Waals surface area contributed by atoms with Gasteiger partial charge < -0.3 is 0 Å². The molecule has 2 aromatic rings. The Morgan fingerprint density at radius 1 is 1.14 bits per heavy atom. The molecule has 21 heavy (non-hydrogen) atoms. The zero-order valence-electron chi connectivity index (χ0n) is 10.5. The van der Waals surface area contributed by atoms with Gasteiger partial charge in [-0.3, -0.25) is 4.98 Å². The van der Waals surface area contributed by atoms with Crippen LogP contribution in [0.1, 0.15) is 23.4 Å². The topological polar surface area (TPSA) is 25.8 Å². The molecule has 0 amide bonds. The average molecular weight is 326 g/mol. The van der Waals surface area contributed by atoms with Crippen LogP contribution in [-0.4, -0.2) is 16.1 Å². The van der Waals surface area contributed by atoms with Crippen LogP contribution >= 0.6 is 11.3 Å². The summed E-state index contributed by atoms with van der Waals surface area (Å²) in [7, 11) is 0. The van der Waals surface area contributed by atoms with E-state index in [2.05, 4.69) is 9.97 Å². The van der Waals surface area contributed by atoms with Crippen LogP contribution in [-0.2, 0) is 6.18 Å². The van der Waals surface area contributed by atoms with E-state index in [1.807, 2.05) is 0 Å². The van der Waals surface area contributed by atoms with Gasteiger partial charge in [-0.1, -0.05) is 0 Å². The normalized spacial score (nSPS) is 14.2. The molecule has 9 heteroatoms. The Kier molecular flexibility index (Phi) is 3.96. The lowest BCUT2D eigenvalue weighted by Gasteiger charge is -2.15. The van der Waals surface area contributed by atoms with E-state index in [0.717, 1.165) is 0 Å². The summed E-state index contributed by atoms with van der Waals surface area (Å²) in [5.41, 5.74) is -1.25. The Labute approximate surface area is 119 Å². The van der Waals surface area contributed by atoms with Crippen LogP contribution in [0.3, 0.4) is 0 Å². The number of nitrogens with zero attached hydrogens (tertiary/aromatic N) is 2. The molecule has 2 nitrogen and oxygen atoms in total. The molecule has 0 aliphatic carbocycles. The van der Waals surface area contributed by atoms with Gasteiger partial charge in [0.2, 0.25) is 0 Å². The van der Waals surface area contributed by atoms with Crippen molar-refractivity contribution in [3.05, 3.63) is 35.1 Å². The Bertz CT molecular complexity index is 617. The summed E-state index contributed by atoms with van der Waals surface area (Å²) < 4.78 is 76.8. The van der Waals surface area contributed by atoms with Crippen LogP contribution in [0.25, 0.3) is 10.6 Å². The fourth-order valence-corrected chi connectivity index (χ4v) is 2.74. The van der Waals surface area contributed by atoms with Crippen LogP contribution in [0.4, 0.5) is 26.3 Å². The van der Waals surface area contributed by atoms with Crippen molar-refractivity contribution in [2.45, 2.75) is 25.2 Å². The lowest BCUT2D eigenvalue weighted by Crippen LogP contribution is -2.20. The van der Waals surface area contributed by atoms with Crippen LogP contribution in [0, 0.1) is 0 Å². The third-order valence-electron chi connectivity index (χ3n) is 2.71. The molecule has 114 valence electrons. The molecule has 2 heterocycles. The van der Waals surface area contributed by atoms with E-state index in [9.17, 15) is 26.3 Å². The maximum Gasteiger partial charge on any atom is 0.434 e. The first-order valence-corrected chi connectivity index (χ1v) is 6.47. The lowest BCUT2D eigenvalue weighted by atomic mass is 10.1. The molecule has 0 radical (unpaired) electrons. The molecule has 0 aromatic carbocycles. The SMILES string of the molecule is CC(c1sc(-c2cccnc2)nc1C(F)(F)F)C(F)(F)F. The minimum Gasteiger partial charge on any atom is -0.264 e. The molecule has 0 aliphatic heterocycles. The van der Waals surface area contributed by atoms with E-state index in [1.54, 1.807) is 0 Å². The predicted octanol–water partition coefficient (Wildman–Crippen LogP) is 4.89. The van der Waals surface area contributed by atoms with Crippen molar-refractivity contribution in [3.63, 3.8) is 0 Å². The summed E-state index contributed by atoms with van der Waals surface area (Å²) in [6.45, 7) is 0.690. The molecule has 2 aromatic heterocycles. The van der Waals surface area contributed by atoms with Crippen LogP contribution in [0.15, 0.2) is 24.5 Å². The van der Waals surface area contributed by atoms with Gasteiger partial charge in [0.05, 0.1) is 5.92 Å². The largest absolute Gasteiger partial charge is 0.434 e. The summed E-state index contributed by atoms with van der Waals surface area (Å²) in [5.74, 6) is -2.24. The monoisotopic (exact) mass is 326 g/mol. The van der Waals surface area contributed by atoms with Gasteiger partial charge in [0, 0.05) is 22.8 Å². The van der Waals surface area contributed by atoms with Crippen LogP contribution in [0.5, 0.6) is 0 Å². The summed E-state index contributed by atoms with van der Waals surface area (Å²) in [6, 6.07) is 2.91. The van der Waals surface area contributed by atoms with Gasteiger partial charge in [0.25, 0.3) is 0 Å². The Hall–Kier alpha value is -1.64. The van der Waals surface area contributed by atoms with Crippen molar-refractivity contribution in [3.8, 4) is 10.6 Å². The van der Waals surface area contributed by atoms with Crippen molar-refractivity contribution in [1.82, 2.24) is 9.97 Å². The fourth-order valence-electron chi connectivity index (χ4n) is 1.59. The number of hydrogen-bond acceptors (Lipinski definition) is 3. The lowest BCUT2D eigenvalue weighted by molar-refractivity contribution is -0.153. The van der Waals surface area contributed by atoms with Gasteiger partial charge in [-0.2, -0.15) is 26.3 Å². The van der Waals surface area contributed by atoms with Crippen LogP contribution < -0.4 is 0 Å². The summed E-state index contributed by atoms with van der Waals surface area (Å²) in [6.07, 6.45) is -7.05. The standard InChI is InChI=1S/C12H8F6N2S/c1-6(11(13,14)15)8-9(12(16,17)18)20-10(21-8)7-3-2-4-19-5-7/h2-6H,1H3. The van der Waals surface area contributed by atoms with Gasteiger partial charge in [-0.05, 0) is 19.1 Å². The first-order valence-electron chi connectivity index (χ1n) is 5.65. The zero-order valence-corrected chi connectivity index (χ0v) is 11.3. The molecule has 0 saturated carbocycles. The molecular formula is C12H8F6N2S. The Morgan fingerprint density at radius 2 is 1.81 bits per heavy atom. The van der Waals surface area contributed by atoms with Crippen molar-refractivity contribution in [2.75, 3.05) is 0 Å². The van der Waals surface area contributed by atoms with E-state index in [0.29, 0.717) is 18.3 Å². The second kappa shape index (κ2) is 5.28. The minimum atomic E-state index is -4.94. The number of aromatic nitrogens is 2. The van der Waals surface area contributed by atoms with E-state index in [-0.39, 0.29) is 10.6 Å². The number of hydrogen-bond donors (Lipinski definition) is 0. The molecule has 0 bridgehead atoms. The predicted molar refractivity (Wildman–Crippen MR) is 64.8 cm³/mol. The molecule has 0 N–H and O–H groups in total. The molecule has 2 rings (SSSR count). The fraction of sp³-hybridized carbons (Fsp3) is 0.333. The second-order valence-corrected chi connectivity index (χ2v) is 5.27. The van der Waals surface area contributed by atoms with Crippen molar-refractivity contribution < 1.29 is 26.3 Å². The van der Waals surface area contributed by atoms with E-state index >= 15 is 0 Å². The molecule has 0 aliphatic rings. The number of halogens is 6. The molecule has 0 fully saturated rings. The quantitative estimate of drug-likeness (QED) is 0.734. The first kappa shape index (κ1) is 15.7. The number of pyridine rings is 1. The minimum absolute atomic E-state index is 0.137. The highest BCUT2D eigenvalue weighted by Gasteiger charge is 2.46. The summed E-state index contributed by atoms with van der Waals surface area (Å²) >= 11 is 0.383. The van der Waals surface area contributed by atoms with Gasteiger partial charge in [-0.15, -0.1) is 11.3 Å². The van der Waals surface area contributed by atoms with Crippen LogP contribution in [0.2, 0.25) is 0 Å². The highest BCUT2D eigenvalue weighted by Crippen LogP contribution is 2.45. The van der Waals surface area contributed by atoms with Gasteiger partial charge in [0.1, 0.15) is 5.01 Å². The van der Waals surface area contributed by atoms with E-state index < -0.39 is 28.8 Å². The number of rotatable bonds is 2. The molecule has 1 atom stereocenters. The number of thiazole rings is 1. The maximum absolute atomic E-state index is 12.9. The molecular weight excluding hydrogens is 318 g/mol. The van der Waals surface area contributed by atoms with Gasteiger partial charge in [-0.25, -0.2) is 4.98 Å². The zero-order chi connectivity index (χ0) is 15.8. The van der Waals surface area contributed by atoms with E-state index in [1.165, 1.54) is 24.5 Å². The van der Waals surface area contributed by atoms with E-state index in [4.69, 9.17) is 0 Å². The second-order valence-electron chi connectivity index (χ2n) is 4.23. The molecule has 0 saturated heterocycles. The first-order chi connectivity index (χ1) is 9.60. The highest BCUT2D eigenvalue weighted by atomic mass is 32.1. The van der Waals surface area contributed by atoms with Gasteiger partial charge >= 0.3 is 12.4 Å². The third-order valence-corrected chi connectivity index (χ3v) is 4.00. The van der Waals surface area contributed by atoms with Gasteiger partial charge in [0.15, 0.2) is 5.69 Å². The van der Waals surface area contributed by atoms with Crippen molar-refractivity contribution in [2.24, 2.45) is 0 Å². The smallest absolute Gasteiger partial charge is 0.264 e. The Morgan fingerprint density at radius 3 is 2.29 bits per heavy atom.